The number of amides is 1. The van der Waals surface area contributed by atoms with Gasteiger partial charge >= 0.3 is 0 Å². The van der Waals surface area contributed by atoms with E-state index in [1.165, 1.54) is 0 Å². The number of benzene rings is 1. The number of anilines is 2. The Morgan fingerprint density at radius 1 is 1.45 bits per heavy atom. The molecule has 5 heteroatoms. The largest absolute Gasteiger partial charge is 0.399 e. The lowest BCUT2D eigenvalue weighted by atomic mass is 10.1. The number of hydrogen-bond donors (Lipinski definition) is 2. The van der Waals surface area contributed by atoms with E-state index in [1.807, 2.05) is 44.4 Å². The third-order valence-corrected chi connectivity index (χ3v) is 3.11. The summed E-state index contributed by atoms with van der Waals surface area (Å²) in [6, 6.07) is 7.62. The molecule has 0 spiro atoms. The molecule has 0 aliphatic heterocycles. The van der Waals surface area contributed by atoms with Crippen molar-refractivity contribution in [1.82, 2.24) is 9.78 Å². The van der Waals surface area contributed by atoms with Crippen LogP contribution in [0.5, 0.6) is 0 Å². The van der Waals surface area contributed by atoms with Crippen LogP contribution < -0.4 is 11.1 Å². The molecule has 0 saturated heterocycles. The normalized spacial score (nSPS) is 10.5. The van der Waals surface area contributed by atoms with Gasteiger partial charge in [-0.25, -0.2) is 0 Å². The zero-order valence-electron chi connectivity index (χ0n) is 11.9. The second-order valence-corrected chi connectivity index (χ2v) is 4.81. The van der Waals surface area contributed by atoms with Crippen LogP contribution in [0.4, 0.5) is 11.4 Å². The molecular formula is C15H20N4O. The summed E-state index contributed by atoms with van der Waals surface area (Å²) in [5.41, 5.74) is 9.22. The first-order valence-electron chi connectivity index (χ1n) is 6.75. The van der Waals surface area contributed by atoms with Gasteiger partial charge in [0.2, 0.25) is 5.91 Å². The van der Waals surface area contributed by atoms with E-state index >= 15 is 0 Å². The Morgan fingerprint density at radius 3 is 2.95 bits per heavy atom. The summed E-state index contributed by atoms with van der Waals surface area (Å²) in [7, 11) is 1.85. The topological polar surface area (TPSA) is 72.9 Å². The standard InChI is InChI=1S/C15H20N4O/c1-3-13-14(10-19(2)18-13)17-15(20)8-7-11-5-4-6-12(16)9-11/h4-6,9-10H,3,7-8,16H2,1-2H3,(H,17,20). The first kappa shape index (κ1) is 14.1. The van der Waals surface area contributed by atoms with Crippen LogP contribution in [0, 0.1) is 0 Å². The van der Waals surface area contributed by atoms with Crippen molar-refractivity contribution in [3.8, 4) is 0 Å². The average molecular weight is 272 g/mol. The van der Waals surface area contributed by atoms with Crippen molar-refractivity contribution in [2.24, 2.45) is 7.05 Å². The second-order valence-electron chi connectivity index (χ2n) is 4.81. The van der Waals surface area contributed by atoms with Crippen LogP contribution in [-0.2, 0) is 24.7 Å². The summed E-state index contributed by atoms with van der Waals surface area (Å²) in [5.74, 6) is -0.00451. The highest BCUT2D eigenvalue weighted by molar-refractivity contribution is 5.91. The molecule has 0 saturated carbocycles. The Hall–Kier alpha value is -2.30. The van der Waals surface area contributed by atoms with Crippen LogP contribution in [0.3, 0.4) is 0 Å². The molecule has 3 N–H and O–H groups in total. The number of nitrogen functional groups attached to an aromatic ring is 1. The van der Waals surface area contributed by atoms with Crippen molar-refractivity contribution in [1.29, 1.82) is 0 Å². The molecule has 0 aliphatic rings. The Labute approximate surface area is 118 Å². The SMILES string of the molecule is CCc1nn(C)cc1NC(=O)CCc1cccc(N)c1. The lowest BCUT2D eigenvalue weighted by Crippen LogP contribution is -2.13. The number of nitrogens with two attached hydrogens (primary N) is 1. The number of carbonyl (C=O) groups excluding carboxylic acids is 1. The molecule has 0 fully saturated rings. The number of carbonyl (C=O) groups is 1. The highest BCUT2D eigenvalue weighted by Crippen LogP contribution is 2.15. The third kappa shape index (κ3) is 3.60. The van der Waals surface area contributed by atoms with E-state index in [1.54, 1.807) is 4.68 Å². The number of rotatable bonds is 5. The van der Waals surface area contributed by atoms with Crippen LogP contribution in [0.15, 0.2) is 30.5 Å². The minimum Gasteiger partial charge on any atom is -0.399 e. The van der Waals surface area contributed by atoms with E-state index in [0.717, 1.165) is 29.1 Å². The van der Waals surface area contributed by atoms with Gasteiger partial charge in [-0.3, -0.25) is 9.48 Å². The minimum atomic E-state index is -0.00451. The lowest BCUT2D eigenvalue weighted by Gasteiger charge is -2.05. The monoisotopic (exact) mass is 272 g/mol. The summed E-state index contributed by atoms with van der Waals surface area (Å²) >= 11 is 0. The van der Waals surface area contributed by atoms with Crippen LogP contribution in [0.25, 0.3) is 0 Å². The smallest absolute Gasteiger partial charge is 0.224 e. The van der Waals surface area contributed by atoms with Gasteiger partial charge in [-0.05, 0) is 30.5 Å². The maximum Gasteiger partial charge on any atom is 0.224 e. The Bertz CT molecular complexity index is 604. The molecule has 106 valence electrons. The van der Waals surface area contributed by atoms with E-state index in [0.29, 0.717) is 12.8 Å². The molecule has 1 heterocycles. The van der Waals surface area contributed by atoms with Crippen molar-refractivity contribution in [3.63, 3.8) is 0 Å². The Morgan fingerprint density at radius 2 is 2.25 bits per heavy atom. The lowest BCUT2D eigenvalue weighted by molar-refractivity contribution is -0.116. The van der Waals surface area contributed by atoms with Gasteiger partial charge in [0, 0.05) is 25.4 Å². The maximum atomic E-state index is 12.0. The molecule has 2 aromatic rings. The first-order chi connectivity index (χ1) is 9.58. The van der Waals surface area contributed by atoms with Crippen LogP contribution >= 0.6 is 0 Å². The number of nitrogens with one attached hydrogen (secondary N) is 1. The van der Waals surface area contributed by atoms with Crippen molar-refractivity contribution in [2.45, 2.75) is 26.2 Å². The minimum absolute atomic E-state index is 0.00451. The van der Waals surface area contributed by atoms with Crippen molar-refractivity contribution >= 4 is 17.3 Å². The van der Waals surface area contributed by atoms with E-state index in [2.05, 4.69) is 10.4 Å². The summed E-state index contributed by atoms with van der Waals surface area (Å²) in [5, 5.41) is 7.21. The molecule has 0 radical (unpaired) electrons. The predicted molar refractivity (Wildman–Crippen MR) is 80.4 cm³/mol. The van der Waals surface area contributed by atoms with Gasteiger partial charge in [-0.1, -0.05) is 19.1 Å². The van der Waals surface area contributed by atoms with Gasteiger partial charge in [-0.15, -0.1) is 0 Å². The highest BCUT2D eigenvalue weighted by atomic mass is 16.1. The summed E-state index contributed by atoms with van der Waals surface area (Å²) < 4.78 is 1.71. The molecule has 1 amide bonds. The molecule has 2 rings (SSSR count). The van der Waals surface area contributed by atoms with Gasteiger partial charge < -0.3 is 11.1 Å². The number of aromatic nitrogens is 2. The average Bonchev–Trinajstić information content (AvgIpc) is 2.76. The number of hydrogen-bond acceptors (Lipinski definition) is 3. The zero-order chi connectivity index (χ0) is 14.5. The Balaban J connectivity index is 1.92. The van der Waals surface area contributed by atoms with E-state index in [9.17, 15) is 4.79 Å². The third-order valence-electron chi connectivity index (χ3n) is 3.11. The maximum absolute atomic E-state index is 12.0. The summed E-state index contributed by atoms with van der Waals surface area (Å²) in [6.45, 7) is 2.02. The second kappa shape index (κ2) is 6.23. The van der Waals surface area contributed by atoms with Gasteiger partial charge in [-0.2, -0.15) is 5.10 Å². The van der Waals surface area contributed by atoms with Crippen molar-refractivity contribution < 1.29 is 4.79 Å². The fourth-order valence-corrected chi connectivity index (χ4v) is 2.12. The molecule has 0 atom stereocenters. The van der Waals surface area contributed by atoms with Crippen LogP contribution in [0.2, 0.25) is 0 Å². The molecule has 0 aliphatic carbocycles. The Kier molecular flexibility index (Phi) is 4.40. The molecule has 0 bridgehead atoms. The van der Waals surface area contributed by atoms with E-state index in [-0.39, 0.29) is 5.91 Å². The molecule has 5 nitrogen and oxygen atoms in total. The van der Waals surface area contributed by atoms with Gasteiger partial charge in [0.05, 0.1) is 11.4 Å². The van der Waals surface area contributed by atoms with Crippen molar-refractivity contribution in [2.75, 3.05) is 11.1 Å². The molecule has 0 unspecified atom stereocenters. The van der Waals surface area contributed by atoms with Gasteiger partial charge in [0.1, 0.15) is 0 Å². The fraction of sp³-hybridized carbons (Fsp3) is 0.333. The molecular weight excluding hydrogens is 252 g/mol. The highest BCUT2D eigenvalue weighted by Gasteiger charge is 2.09. The first-order valence-corrected chi connectivity index (χ1v) is 6.75. The molecule has 1 aromatic carbocycles. The van der Waals surface area contributed by atoms with Crippen LogP contribution in [-0.4, -0.2) is 15.7 Å². The summed E-state index contributed by atoms with van der Waals surface area (Å²) in [4.78, 5) is 12.0. The van der Waals surface area contributed by atoms with Gasteiger partial charge in [0.25, 0.3) is 0 Å². The number of aryl methyl sites for hydroxylation is 3. The van der Waals surface area contributed by atoms with Crippen LogP contribution in [0.1, 0.15) is 24.6 Å². The van der Waals surface area contributed by atoms with E-state index < -0.39 is 0 Å². The predicted octanol–water partition coefficient (Wildman–Crippen LogP) is 2.14. The van der Waals surface area contributed by atoms with E-state index in [4.69, 9.17) is 5.73 Å². The summed E-state index contributed by atoms with van der Waals surface area (Å²) in [6.07, 6.45) is 3.74. The zero-order valence-corrected chi connectivity index (χ0v) is 11.9. The number of nitrogens with zero attached hydrogens (tertiary/aromatic N) is 2. The molecule has 20 heavy (non-hydrogen) atoms. The molecule has 1 aromatic heterocycles. The van der Waals surface area contributed by atoms with Gasteiger partial charge in [0.15, 0.2) is 0 Å². The quantitative estimate of drug-likeness (QED) is 0.819. The fourth-order valence-electron chi connectivity index (χ4n) is 2.12. The van der Waals surface area contributed by atoms with Crippen molar-refractivity contribution in [3.05, 3.63) is 41.7 Å².